The molecule has 1 fully saturated rings. The highest BCUT2D eigenvalue weighted by Gasteiger charge is 2.34. The third-order valence-electron chi connectivity index (χ3n) is 6.04. The largest absolute Gasteiger partial charge is 0.345 e. The molecule has 0 spiro atoms. The van der Waals surface area contributed by atoms with Crippen molar-refractivity contribution in [1.82, 2.24) is 9.62 Å². The Kier molecular flexibility index (Phi) is 6.91. The SMILES string of the molecule is Cc1ccc([C@@H](NC(=O)[C@H]2CCCN(S(=O)(=O)c3ccc(F)cc3)C2)c2ccccc2)cc1. The number of halogens is 1. The van der Waals surface area contributed by atoms with Gasteiger partial charge in [0.15, 0.2) is 0 Å². The Labute approximate surface area is 194 Å². The zero-order valence-corrected chi connectivity index (χ0v) is 19.3. The highest BCUT2D eigenvalue weighted by molar-refractivity contribution is 7.89. The number of rotatable bonds is 6. The molecule has 0 aliphatic carbocycles. The first-order valence-corrected chi connectivity index (χ1v) is 12.5. The molecule has 0 aromatic heterocycles. The number of amides is 1. The molecule has 33 heavy (non-hydrogen) atoms. The predicted octanol–water partition coefficient (Wildman–Crippen LogP) is 4.44. The van der Waals surface area contributed by atoms with E-state index in [1.165, 1.54) is 16.4 Å². The standard InChI is InChI=1S/C26H27FN2O3S/c1-19-9-11-21(12-10-19)25(20-6-3-2-4-7-20)28-26(30)22-8-5-17-29(18-22)33(31,32)24-15-13-23(27)14-16-24/h2-4,6-7,9-16,22,25H,5,8,17-18H2,1H3,(H,28,30)/t22-,25-/m0/s1. The van der Waals surface area contributed by atoms with E-state index in [-0.39, 0.29) is 23.4 Å². The molecule has 3 aromatic carbocycles. The van der Waals surface area contributed by atoms with Crippen molar-refractivity contribution in [2.24, 2.45) is 5.92 Å². The summed E-state index contributed by atoms with van der Waals surface area (Å²) in [5.74, 6) is -1.14. The fourth-order valence-corrected chi connectivity index (χ4v) is 5.68. The van der Waals surface area contributed by atoms with E-state index in [4.69, 9.17) is 0 Å². The smallest absolute Gasteiger partial charge is 0.243 e. The highest BCUT2D eigenvalue weighted by atomic mass is 32.2. The fourth-order valence-electron chi connectivity index (χ4n) is 4.15. The van der Waals surface area contributed by atoms with Crippen molar-refractivity contribution in [3.8, 4) is 0 Å². The molecular formula is C26H27FN2O3S. The molecule has 0 saturated carbocycles. The summed E-state index contributed by atoms with van der Waals surface area (Å²) in [5.41, 5.74) is 3.05. The van der Waals surface area contributed by atoms with Gasteiger partial charge in [-0.25, -0.2) is 12.8 Å². The van der Waals surface area contributed by atoms with Gasteiger partial charge in [0, 0.05) is 13.1 Å². The fraction of sp³-hybridized carbons (Fsp3) is 0.269. The number of benzene rings is 3. The molecule has 172 valence electrons. The maximum atomic E-state index is 13.3. The van der Waals surface area contributed by atoms with Crippen LogP contribution >= 0.6 is 0 Å². The zero-order chi connectivity index (χ0) is 23.4. The van der Waals surface area contributed by atoms with Crippen LogP contribution in [0.15, 0.2) is 83.8 Å². The van der Waals surface area contributed by atoms with E-state index in [0.717, 1.165) is 28.8 Å². The maximum Gasteiger partial charge on any atom is 0.243 e. The Hall–Kier alpha value is -3.03. The number of sulfonamides is 1. The van der Waals surface area contributed by atoms with Crippen molar-refractivity contribution in [3.63, 3.8) is 0 Å². The molecule has 1 amide bonds. The average Bonchev–Trinajstić information content (AvgIpc) is 2.84. The monoisotopic (exact) mass is 466 g/mol. The lowest BCUT2D eigenvalue weighted by Gasteiger charge is -2.32. The quantitative estimate of drug-likeness (QED) is 0.584. The molecule has 0 bridgehead atoms. The minimum absolute atomic E-state index is 0.0341. The minimum Gasteiger partial charge on any atom is -0.345 e. The van der Waals surface area contributed by atoms with Gasteiger partial charge in [-0.15, -0.1) is 0 Å². The molecule has 4 rings (SSSR count). The van der Waals surface area contributed by atoms with Crippen molar-refractivity contribution < 1.29 is 17.6 Å². The van der Waals surface area contributed by atoms with E-state index < -0.39 is 21.8 Å². The van der Waals surface area contributed by atoms with Crippen LogP contribution in [0.25, 0.3) is 0 Å². The summed E-state index contributed by atoms with van der Waals surface area (Å²) in [4.78, 5) is 13.3. The number of nitrogens with one attached hydrogen (secondary N) is 1. The van der Waals surface area contributed by atoms with E-state index >= 15 is 0 Å². The van der Waals surface area contributed by atoms with Crippen LogP contribution in [0, 0.1) is 18.7 Å². The second kappa shape index (κ2) is 9.85. The number of aryl methyl sites for hydroxylation is 1. The van der Waals surface area contributed by atoms with Crippen LogP contribution in [0.5, 0.6) is 0 Å². The van der Waals surface area contributed by atoms with Crippen LogP contribution in [-0.4, -0.2) is 31.7 Å². The Balaban J connectivity index is 1.53. The summed E-state index contributed by atoms with van der Waals surface area (Å²) >= 11 is 0. The summed E-state index contributed by atoms with van der Waals surface area (Å²) < 4.78 is 40.6. The highest BCUT2D eigenvalue weighted by Crippen LogP contribution is 2.27. The molecule has 0 radical (unpaired) electrons. The van der Waals surface area contributed by atoms with Gasteiger partial charge in [0.2, 0.25) is 15.9 Å². The topological polar surface area (TPSA) is 66.5 Å². The third-order valence-corrected chi connectivity index (χ3v) is 7.92. The van der Waals surface area contributed by atoms with Gasteiger partial charge >= 0.3 is 0 Å². The van der Waals surface area contributed by atoms with E-state index in [1.807, 2.05) is 61.5 Å². The molecule has 1 aliphatic rings. The van der Waals surface area contributed by atoms with Gasteiger partial charge in [-0.05, 0) is 55.2 Å². The first kappa shape index (κ1) is 23.1. The van der Waals surface area contributed by atoms with Crippen LogP contribution in [0.3, 0.4) is 0 Å². The van der Waals surface area contributed by atoms with Crippen molar-refractivity contribution in [2.75, 3.05) is 13.1 Å². The number of hydrogen-bond acceptors (Lipinski definition) is 3. The lowest BCUT2D eigenvalue weighted by molar-refractivity contribution is -0.126. The van der Waals surface area contributed by atoms with E-state index in [0.29, 0.717) is 19.4 Å². The van der Waals surface area contributed by atoms with Crippen molar-refractivity contribution in [2.45, 2.75) is 30.7 Å². The number of piperidine rings is 1. The van der Waals surface area contributed by atoms with Gasteiger partial charge in [-0.1, -0.05) is 60.2 Å². The number of hydrogen-bond donors (Lipinski definition) is 1. The van der Waals surface area contributed by atoms with E-state index in [2.05, 4.69) is 5.32 Å². The lowest BCUT2D eigenvalue weighted by atomic mass is 9.94. The number of carbonyl (C=O) groups is 1. The van der Waals surface area contributed by atoms with Crippen LogP contribution in [0.4, 0.5) is 4.39 Å². The van der Waals surface area contributed by atoms with Crippen LogP contribution in [-0.2, 0) is 14.8 Å². The third kappa shape index (κ3) is 5.31. The summed E-state index contributed by atoms with van der Waals surface area (Å²) in [6.07, 6.45) is 1.19. The Morgan fingerprint density at radius 1 is 0.970 bits per heavy atom. The Morgan fingerprint density at radius 3 is 2.27 bits per heavy atom. The minimum atomic E-state index is -3.80. The Morgan fingerprint density at radius 2 is 1.61 bits per heavy atom. The molecule has 0 unspecified atom stereocenters. The van der Waals surface area contributed by atoms with Gasteiger partial charge in [0.1, 0.15) is 5.82 Å². The first-order valence-electron chi connectivity index (χ1n) is 11.0. The summed E-state index contributed by atoms with van der Waals surface area (Å²) in [7, 11) is -3.80. The van der Waals surface area contributed by atoms with Gasteiger partial charge < -0.3 is 5.32 Å². The number of nitrogens with zero attached hydrogens (tertiary/aromatic N) is 1. The molecule has 1 saturated heterocycles. The van der Waals surface area contributed by atoms with Gasteiger partial charge in [-0.3, -0.25) is 4.79 Å². The summed E-state index contributed by atoms with van der Waals surface area (Å²) in [6.45, 7) is 2.45. The second-order valence-corrected chi connectivity index (χ2v) is 10.4. The van der Waals surface area contributed by atoms with Crippen molar-refractivity contribution in [3.05, 3.63) is 101 Å². The van der Waals surface area contributed by atoms with Gasteiger partial charge in [0.05, 0.1) is 16.9 Å². The molecule has 1 N–H and O–H groups in total. The number of carbonyl (C=O) groups excluding carboxylic acids is 1. The maximum absolute atomic E-state index is 13.3. The molecule has 3 aromatic rings. The first-order chi connectivity index (χ1) is 15.8. The van der Waals surface area contributed by atoms with Crippen LogP contribution < -0.4 is 5.32 Å². The van der Waals surface area contributed by atoms with Gasteiger partial charge in [-0.2, -0.15) is 4.31 Å². The van der Waals surface area contributed by atoms with Crippen LogP contribution in [0.1, 0.15) is 35.6 Å². The average molecular weight is 467 g/mol. The summed E-state index contributed by atoms with van der Waals surface area (Å²) in [6, 6.07) is 22.2. The molecule has 5 nitrogen and oxygen atoms in total. The van der Waals surface area contributed by atoms with Crippen molar-refractivity contribution in [1.29, 1.82) is 0 Å². The predicted molar refractivity (Wildman–Crippen MR) is 125 cm³/mol. The van der Waals surface area contributed by atoms with E-state index in [9.17, 15) is 17.6 Å². The Bertz CT molecular complexity index is 1200. The molecule has 1 aliphatic heterocycles. The molecular weight excluding hydrogens is 439 g/mol. The van der Waals surface area contributed by atoms with Gasteiger partial charge in [0.25, 0.3) is 0 Å². The second-order valence-electron chi connectivity index (χ2n) is 8.42. The zero-order valence-electron chi connectivity index (χ0n) is 18.4. The summed E-state index contributed by atoms with van der Waals surface area (Å²) in [5, 5.41) is 3.15. The normalized spacial score (nSPS) is 17.9. The molecule has 7 heteroatoms. The van der Waals surface area contributed by atoms with Crippen LogP contribution in [0.2, 0.25) is 0 Å². The lowest BCUT2D eigenvalue weighted by Crippen LogP contribution is -2.46. The molecule has 1 heterocycles. The van der Waals surface area contributed by atoms with Crippen molar-refractivity contribution >= 4 is 15.9 Å². The van der Waals surface area contributed by atoms with E-state index in [1.54, 1.807) is 0 Å². The molecule has 2 atom stereocenters.